The summed E-state index contributed by atoms with van der Waals surface area (Å²) in [4.78, 5) is 12.8. The van der Waals surface area contributed by atoms with E-state index < -0.39 is 0 Å². The van der Waals surface area contributed by atoms with E-state index >= 15 is 0 Å². The van der Waals surface area contributed by atoms with Gasteiger partial charge in [0.05, 0.1) is 17.0 Å². The number of rotatable bonds is 6. The molecule has 0 saturated heterocycles. The minimum absolute atomic E-state index is 0.0936. The van der Waals surface area contributed by atoms with Crippen molar-refractivity contribution in [2.24, 2.45) is 0 Å². The molecule has 0 fully saturated rings. The van der Waals surface area contributed by atoms with Crippen molar-refractivity contribution in [3.8, 4) is 11.4 Å². The number of aromatic nitrogens is 5. The molecule has 0 spiro atoms. The lowest BCUT2D eigenvalue weighted by Gasteiger charge is -2.23. The van der Waals surface area contributed by atoms with Crippen LogP contribution in [0.1, 0.15) is 59.7 Å². The van der Waals surface area contributed by atoms with Crippen molar-refractivity contribution in [2.75, 3.05) is 11.1 Å². The molecule has 172 valence electrons. The molecule has 0 saturated carbocycles. The van der Waals surface area contributed by atoms with Gasteiger partial charge in [-0.3, -0.25) is 4.79 Å². The second kappa shape index (κ2) is 9.10. The molecule has 0 aliphatic carbocycles. The van der Waals surface area contributed by atoms with Crippen molar-refractivity contribution in [1.29, 1.82) is 0 Å². The highest BCUT2D eigenvalue weighted by Gasteiger charge is 2.26. The van der Waals surface area contributed by atoms with Gasteiger partial charge in [0, 0.05) is 23.6 Å². The molecule has 2 heterocycles. The summed E-state index contributed by atoms with van der Waals surface area (Å²) in [6.07, 6.45) is 0. The maximum atomic E-state index is 12.8. The Labute approximate surface area is 195 Å². The largest absolute Gasteiger partial charge is 0.310 e. The van der Waals surface area contributed by atoms with Gasteiger partial charge in [-0.05, 0) is 40.2 Å². The first kappa shape index (κ1) is 24.0. The molecule has 0 aliphatic rings. The number of nitrogens with one attached hydrogen (secondary N) is 1. The fourth-order valence-electron chi connectivity index (χ4n) is 3.36. The van der Waals surface area contributed by atoms with Crippen LogP contribution in [0.4, 0.5) is 5.82 Å². The van der Waals surface area contributed by atoms with Crippen molar-refractivity contribution in [2.45, 2.75) is 78.0 Å². The molecule has 1 aromatic carbocycles. The predicted octanol–water partition coefficient (Wildman–Crippen LogP) is 5.25. The van der Waals surface area contributed by atoms with Crippen LogP contribution in [0.2, 0.25) is 0 Å². The van der Waals surface area contributed by atoms with Gasteiger partial charge in [-0.1, -0.05) is 56.8 Å². The highest BCUT2D eigenvalue weighted by Crippen LogP contribution is 2.29. The second-order valence-electron chi connectivity index (χ2n) is 9.95. The van der Waals surface area contributed by atoms with E-state index in [9.17, 15) is 4.79 Å². The Kier molecular flexibility index (Phi) is 6.83. The van der Waals surface area contributed by atoms with E-state index in [0.717, 1.165) is 34.3 Å². The van der Waals surface area contributed by atoms with Crippen molar-refractivity contribution >= 4 is 23.5 Å². The van der Waals surface area contributed by atoms with Crippen LogP contribution in [0.25, 0.3) is 11.4 Å². The topological polar surface area (TPSA) is 77.6 Å². The first-order valence-corrected chi connectivity index (χ1v) is 11.9. The Morgan fingerprint density at radius 1 is 1.09 bits per heavy atom. The van der Waals surface area contributed by atoms with E-state index in [-0.39, 0.29) is 22.6 Å². The van der Waals surface area contributed by atoms with Gasteiger partial charge in [-0.15, -0.1) is 10.2 Å². The quantitative estimate of drug-likeness (QED) is 0.515. The van der Waals surface area contributed by atoms with Crippen molar-refractivity contribution in [3.05, 3.63) is 41.6 Å². The minimum Gasteiger partial charge on any atom is -0.310 e. The Hall–Kier alpha value is -2.61. The van der Waals surface area contributed by atoms with Crippen molar-refractivity contribution in [1.82, 2.24) is 24.5 Å². The molecule has 3 aromatic rings. The molecule has 0 bridgehead atoms. The Morgan fingerprint density at radius 2 is 1.78 bits per heavy atom. The molecule has 7 nitrogen and oxygen atoms in total. The molecule has 0 aliphatic heterocycles. The summed E-state index contributed by atoms with van der Waals surface area (Å²) in [6.45, 7) is 17.4. The first-order valence-electron chi connectivity index (χ1n) is 10.9. The van der Waals surface area contributed by atoms with Crippen molar-refractivity contribution in [3.63, 3.8) is 0 Å². The van der Waals surface area contributed by atoms with E-state index in [4.69, 9.17) is 5.10 Å². The van der Waals surface area contributed by atoms with Gasteiger partial charge < -0.3 is 9.88 Å². The first-order chi connectivity index (χ1) is 14.9. The normalized spacial score (nSPS) is 12.2. The third-order valence-electron chi connectivity index (χ3n) is 5.13. The van der Waals surface area contributed by atoms with E-state index in [1.54, 1.807) is 0 Å². The predicted molar refractivity (Wildman–Crippen MR) is 131 cm³/mol. The summed E-state index contributed by atoms with van der Waals surface area (Å²) in [7, 11) is 0. The summed E-state index contributed by atoms with van der Waals surface area (Å²) in [5, 5.41) is 17.3. The summed E-state index contributed by atoms with van der Waals surface area (Å²) in [5.41, 5.74) is 2.80. The van der Waals surface area contributed by atoms with Crippen LogP contribution in [-0.2, 0) is 22.3 Å². The molecule has 2 aromatic heterocycles. The van der Waals surface area contributed by atoms with Gasteiger partial charge in [0.2, 0.25) is 5.91 Å². The van der Waals surface area contributed by atoms with Gasteiger partial charge in [0.25, 0.3) is 0 Å². The van der Waals surface area contributed by atoms with Gasteiger partial charge in [-0.25, -0.2) is 4.68 Å². The smallest absolute Gasteiger partial charge is 0.235 e. The standard InChI is InChI=1S/C24H34N6OS/c1-9-29-21(17-13-11-10-12-16(17)2)26-27-22(29)32-15-20(31)25-19-14-18(23(3,4)5)28-30(19)24(6,7)8/h10-14H,9,15H2,1-8H3,(H,25,31). The van der Waals surface area contributed by atoms with Gasteiger partial charge in [0.1, 0.15) is 5.82 Å². The number of nitrogens with zero attached hydrogens (tertiary/aromatic N) is 5. The molecular formula is C24H34N6OS. The molecule has 1 N–H and O–H groups in total. The van der Waals surface area contributed by atoms with Crippen LogP contribution in [-0.4, -0.2) is 36.2 Å². The lowest BCUT2D eigenvalue weighted by atomic mass is 9.92. The van der Waals surface area contributed by atoms with Gasteiger partial charge in [-0.2, -0.15) is 5.10 Å². The van der Waals surface area contributed by atoms with Gasteiger partial charge in [0.15, 0.2) is 11.0 Å². The Bertz CT molecular complexity index is 1100. The minimum atomic E-state index is -0.246. The highest BCUT2D eigenvalue weighted by atomic mass is 32.2. The number of hydrogen-bond donors (Lipinski definition) is 1. The van der Waals surface area contributed by atoms with Crippen LogP contribution in [0.3, 0.4) is 0 Å². The lowest BCUT2D eigenvalue weighted by molar-refractivity contribution is -0.113. The van der Waals surface area contributed by atoms with Crippen LogP contribution in [0, 0.1) is 6.92 Å². The maximum absolute atomic E-state index is 12.8. The lowest BCUT2D eigenvalue weighted by Crippen LogP contribution is -2.27. The molecule has 0 unspecified atom stereocenters. The zero-order valence-electron chi connectivity index (χ0n) is 20.4. The number of benzene rings is 1. The Balaban J connectivity index is 1.76. The summed E-state index contributed by atoms with van der Waals surface area (Å²) >= 11 is 1.39. The summed E-state index contributed by atoms with van der Waals surface area (Å²) in [6, 6.07) is 10.1. The summed E-state index contributed by atoms with van der Waals surface area (Å²) in [5.74, 6) is 1.69. The third-order valence-corrected chi connectivity index (χ3v) is 6.10. The molecule has 8 heteroatoms. The number of amides is 1. The monoisotopic (exact) mass is 454 g/mol. The van der Waals surface area contributed by atoms with E-state index in [0.29, 0.717) is 5.82 Å². The molecule has 0 radical (unpaired) electrons. The number of anilines is 1. The van der Waals surface area contributed by atoms with Crippen LogP contribution >= 0.6 is 11.8 Å². The fourth-order valence-corrected chi connectivity index (χ4v) is 4.16. The van der Waals surface area contributed by atoms with Crippen LogP contribution < -0.4 is 5.32 Å². The number of thioether (sulfide) groups is 1. The number of carbonyl (C=O) groups is 1. The molecule has 1 amide bonds. The zero-order chi connectivity index (χ0) is 23.7. The molecule has 32 heavy (non-hydrogen) atoms. The second-order valence-corrected chi connectivity index (χ2v) is 10.9. The SMILES string of the molecule is CCn1c(SCC(=O)Nc2cc(C(C)(C)C)nn2C(C)(C)C)nnc1-c1ccccc1C. The number of aryl methyl sites for hydroxylation is 1. The third kappa shape index (κ3) is 5.23. The van der Waals surface area contributed by atoms with E-state index in [1.807, 2.05) is 28.9 Å². The molecular weight excluding hydrogens is 420 g/mol. The number of carbonyl (C=O) groups excluding carboxylic acids is 1. The molecule has 0 atom stereocenters. The van der Waals surface area contributed by atoms with Crippen LogP contribution in [0.5, 0.6) is 0 Å². The zero-order valence-corrected chi connectivity index (χ0v) is 21.2. The maximum Gasteiger partial charge on any atom is 0.235 e. The summed E-state index contributed by atoms with van der Waals surface area (Å²) < 4.78 is 3.94. The number of hydrogen-bond acceptors (Lipinski definition) is 5. The average molecular weight is 455 g/mol. The Morgan fingerprint density at radius 3 is 2.38 bits per heavy atom. The van der Waals surface area contributed by atoms with Gasteiger partial charge >= 0.3 is 0 Å². The van der Waals surface area contributed by atoms with Crippen molar-refractivity contribution < 1.29 is 4.79 Å². The fraction of sp³-hybridized carbons (Fsp3) is 0.500. The molecule has 3 rings (SSSR count). The highest BCUT2D eigenvalue weighted by molar-refractivity contribution is 7.99. The average Bonchev–Trinajstić information content (AvgIpc) is 3.30. The van der Waals surface area contributed by atoms with Crippen LogP contribution in [0.15, 0.2) is 35.5 Å². The van der Waals surface area contributed by atoms with E-state index in [2.05, 4.69) is 81.5 Å². The van der Waals surface area contributed by atoms with E-state index in [1.165, 1.54) is 11.8 Å².